The minimum Gasteiger partial charge on any atom is -0.366 e. The van der Waals surface area contributed by atoms with Crippen molar-refractivity contribution in [1.82, 2.24) is 5.32 Å². The first kappa shape index (κ1) is 15.8. The molecule has 0 unspecified atom stereocenters. The molecule has 0 aromatic heterocycles. The third kappa shape index (κ3) is 3.32. The van der Waals surface area contributed by atoms with Gasteiger partial charge in [0.1, 0.15) is 5.82 Å². The summed E-state index contributed by atoms with van der Waals surface area (Å²) in [6, 6.07) is 12.3. The summed E-state index contributed by atoms with van der Waals surface area (Å²) in [7, 11) is 0. The molecule has 1 amide bonds. The molecule has 5 heteroatoms. The molecule has 0 saturated carbocycles. The van der Waals surface area contributed by atoms with Crippen LogP contribution in [0.25, 0.3) is 0 Å². The zero-order valence-corrected chi connectivity index (χ0v) is 13.6. The van der Waals surface area contributed by atoms with Gasteiger partial charge in [-0.2, -0.15) is 0 Å². The number of anilines is 1. The first-order valence-electron chi connectivity index (χ1n) is 7.64. The number of carbonyl (C=O) groups excluding carboxylic acids is 1. The summed E-state index contributed by atoms with van der Waals surface area (Å²) < 4.78 is 13.0. The lowest BCUT2D eigenvalue weighted by molar-refractivity contribution is 0.0951. The molecule has 1 aliphatic heterocycles. The second-order valence-electron chi connectivity index (χ2n) is 5.76. The molecule has 0 fully saturated rings. The molecule has 0 aliphatic carbocycles. The Morgan fingerprint density at radius 3 is 2.91 bits per heavy atom. The van der Waals surface area contributed by atoms with Gasteiger partial charge in [-0.1, -0.05) is 29.8 Å². The van der Waals surface area contributed by atoms with Gasteiger partial charge < -0.3 is 10.2 Å². The van der Waals surface area contributed by atoms with E-state index in [2.05, 4.69) is 29.3 Å². The summed E-state index contributed by atoms with van der Waals surface area (Å²) in [5, 5.41) is 3.01. The van der Waals surface area contributed by atoms with Gasteiger partial charge in [0.2, 0.25) is 0 Å². The van der Waals surface area contributed by atoms with Crippen molar-refractivity contribution in [2.75, 3.05) is 18.0 Å². The molecule has 23 heavy (non-hydrogen) atoms. The van der Waals surface area contributed by atoms with Crippen LogP contribution in [0, 0.1) is 5.82 Å². The number of hydrogen-bond acceptors (Lipinski definition) is 2. The summed E-state index contributed by atoms with van der Waals surface area (Å²) in [5.74, 6) is -0.733. The molecule has 3 rings (SSSR count). The minimum absolute atomic E-state index is 0.127. The third-order valence-electron chi connectivity index (χ3n) is 4.19. The van der Waals surface area contributed by atoms with Crippen LogP contribution in [0.2, 0.25) is 5.02 Å². The molecule has 2 aromatic carbocycles. The fourth-order valence-corrected chi connectivity index (χ4v) is 3.19. The van der Waals surface area contributed by atoms with Gasteiger partial charge in [-0.05, 0) is 43.2 Å². The largest absolute Gasteiger partial charge is 0.366 e. The Labute approximate surface area is 140 Å². The van der Waals surface area contributed by atoms with E-state index in [-0.39, 0.29) is 17.0 Å². The average Bonchev–Trinajstić information content (AvgIpc) is 2.96. The first-order chi connectivity index (χ1) is 11.1. The summed E-state index contributed by atoms with van der Waals surface area (Å²) in [5.41, 5.74) is 2.86. The van der Waals surface area contributed by atoms with Crippen LogP contribution in [0.1, 0.15) is 22.8 Å². The number of rotatable bonds is 4. The Kier molecular flexibility index (Phi) is 4.53. The number of halogens is 2. The van der Waals surface area contributed by atoms with E-state index in [9.17, 15) is 9.18 Å². The van der Waals surface area contributed by atoms with E-state index in [1.165, 1.54) is 23.4 Å². The second-order valence-corrected chi connectivity index (χ2v) is 6.16. The molecule has 0 spiro atoms. The molecule has 0 saturated heterocycles. The van der Waals surface area contributed by atoms with E-state index < -0.39 is 5.82 Å². The number of amides is 1. The lowest BCUT2D eigenvalue weighted by atomic mass is 10.1. The Balaban J connectivity index is 1.63. The van der Waals surface area contributed by atoms with Gasteiger partial charge in [0.05, 0.1) is 10.6 Å². The van der Waals surface area contributed by atoms with Crippen LogP contribution in [0.4, 0.5) is 10.1 Å². The highest BCUT2D eigenvalue weighted by Gasteiger charge is 2.23. The van der Waals surface area contributed by atoms with Crippen molar-refractivity contribution in [3.63, 3.8) is 0 Å². The van der Waals surface area contributed by atoms with Gasteiger partial charge in [0.25, 0.3) is 5.91 Å². The molecular weight excluding hydrogens is 315 g/mol. The van der Waals surface area contributed by atoms with Crippen molar-refractivity contribution in [2.45, 2.75) is 19.4 Å². The van der Waals surface area contributed by atoms with Gasteiger partial charge in [-0.3, -0.25) is 4.79 Å². The summed E-state index contributed by atoms with van der Waals surface area (Å²) in [4.78, 5) is 14.5. The zero-order chi connectivity index (χ0) is 16.4. The third-order valence-corrected chi connectivity index (χ3v) is 4.50. The Bertz CT molecular complexity index is 735. The number of para-hydroxylation sites is 1. The van der Waals surface area contributed by atoms with Crippen molar-refractivity contribution in [3.05, 3.63) is 64.4 Å². The minimum atomic E-state index is -0.450. The lowest BCUT2D eigenvalue weighted by Gasteiger charge is -2.27. The molecule has 1 atom stereocenters. The van der Waals surface area contributed by atoms with E-state index in [0.29, 0.717) is 12.1 Å². The topological polar surface area (TPSA) is 32.3 Å². The lowest BCUT2D eigenvalue weighted by Crippen LogP contribution is -2.41. The molecule has 1 N–H and O–H groups in total. The number of nitrogens with zero attached hydrogens (tertiary/aromatic N) is 1. The first-order valence-corrected chi connectivity index (χ1v) is 8.02. The molecule has 120 valence electrons. The van der Waals surface area contributed by atoms with Crippen molar-refractivity contribution in [1.29, 1.82) is 0 Å². The molecular formula is C18H18ClFN2O. The number of fused-ring (bicyclic) bond motifs is 1. The van der Waals surface area contributed by atoms with Crippen LogP contribution in [0.3, 0.4) is 0 Å². The van der Waals surface area contributed by atoms with Crippen molar-refractivity contribution in [3.8, 4) is 0 Å². The van der Waals surface area contributed by atoms with Crippen LogP contribution < -0.4 is 10.2 Å². The van der Waals surface area contributed by atoms with Crippen molar-refractivity contribution >= 4 is 23.2 Å². The van der Waals surface area contributed by atoms with E-state index in [4.69, 9.17) is 11.6 Å². The average molecular weight is 333 g/mol. The van der Waals surface area contributed by atoms with Crippen molar-refractivity contribution < 1.29 is 9.18 Å². The fraction of sp³-hybridized carbons (Fsp3) is 0.278. The standard InChI is InChI=1S/C18H18ClFN2O/c1-12(22-9-8-13-4-2-3-5-17(13)22)11-21-18(23)15-7-6-14(20)10-16(15)19/h2-7,10,12H,8-9,11H2,1H3,(H,21,23)/t12-/m1/s1. The fourth-order valence-electron chi connectivity index (χ4n) is 2.94. The normalized spacial score (nSPS) is 14.5. The highest BCUT2D eigenvalue weighted by Crippen LogP contribution is 2.29. The molecule has 2 aromatic rings. The van der Waals surface area contributed by atoms with Crippen LogP contribution in [0.15, 0.2) is 42.5 Å². The van der Waals surface area contributed by atoms with Crippen molar-refractivity contribution in [2.24, 2.45) is 0 Å². The number of carbonyl (C=O) groups is 1. The van der Waals surface area contributed by atoms with Crippen LogP contribution >= 0.6 is 11.6 Å². The molecule has 1 heterocycles. The molecule has 1 aliphatic rings. The predicted molar refractivity (Wildman–Crippen MR) is 90.7 cm³/mol. The summed E-state index contributed by atoms with van der Waals surface area (Å²) >= 11 is 5.92. The maximum Gasteiger partial charge on any atom is 0.252 e. The monoisotopic (exact) mass is 332 g/mol. The van der Waals surface area contributed by atoms with Gasteiger partial charge in [-0.15, -0.1) is 0 Å². The molecule has 0 radical (unpaired) electrons. The van der Waals surface area contributed by atoms with E-state index in [0.717, 1.165) is 19.0 Å². The second kappa shape index (κ2) is 6.59. The van der Waals surface area contributed by atoms with Gasteiger partial charge in [0, 0.05) is 24.8 Å². The van der Waals surface area contributed by atoms with Crippen LogP contribution in [-0.4, -0.2) is 25.0 Å². The van der Waals surface area contributed by atoms with Gasteiger partial charge in [-0.25, -0.2) is 4.39 Å². The Morgan fingerprint density at radius 2 is 2.13 bits per heavy atom. The quantitative estimate of drug-likeness (QED) is 0.926. The zero-order valence-electron chi connectivity index (χ0n) is 12.9. The highest BCUT2D eigenvalue weighted by molar-refractivity contribution is 6.33. The van der Waals surface area contributed by atoms with Gasteiger partial charge in [0.15, 0.2) is 0 Å². The maximum atomic E-state index is 13.0. The van der Waals surface area contributed by atoms with E-state index in [1.54, 1.807) is 0 Å². The maximum absolute atomic E-state index is 13.0. The van der Waals surface area contributed by atoms with Gasteiger partial charge >= 0.3 is 0 Å². The molecule has 3 nitrogen and oxygen atoms in total. The number of benzene rings is 2. The SMILES string of the molecule is C[C@H](CNC(=O)c1ccc(F)cc1Cl)N1CCc2ccccc21. The van der Waals surface area contributed by atoms with E-state index >= 15 is 0 Å². The Morgan fingerprint density at radius 1 is 1.35 bits per heavy atom. The smallest absolute Gasteiger partial charge is 0.252 e. The molecule has 0 bridgehead atoms. The van der Waals surface area contributed by atoms with Crippen LogP contribution in [-0.2, 0) is 6.42 Å². The summed E-state index contributed by atoms with van der Waals surface area (Å²) in [6.07, 6.45) is 1.03. The van der Waals surface area contributed by atoms with Crippen LogP contribution in [0.5, 0.6) is 0 Å². The summed E-state index contributed by atoms with van der Waals surface area (Å²) in [6.45, 7) is 3.53. The number of nitrogens with one attached hydrogen (secondary N) is 1. The highest BCUT2D eigenvalue weighted by atomic mass is 35.5. The number of hydrogen-bond donors (Lipinski definition) is 1. The Hall–Kier alpha value is -2.07. The van der Waals surface area contributed by atoms with E-state index in [1.807, 2.05) is 12.1 Å². The predicted octanol–water partition coefficient (Wildman–Crippen LogP) is 3.66.